The Labute approximate surface area is 162 Å². The smallest absolute Gasteiger partial charge is 0.415 e. The molecule has 9 heteroatoms. The Hall–Kier alpha value is -2.81. The van der Waals surface area contributed by atoms with Gasteiger partial charge in [0.05, 0.1) is 18.5 Å². The largest absolute Gasteiger partial charge is 0.449 e. The molecule has 4 rings (SSSR count). The van der Waals surface area contributed by atoms with Gasteiger partial charge in [0.2, 0.25) is 5.95 Å². The maximum Gasteiger partial charge on any atom is 0.415 e. The summed E-state index contributed by atoms with van der Waals surface area (Å²) in [6.07, 6.45) is 5.17. The van der Waals surface area contributed by atoms with Crippen molar-refractivity contribution in [2.45, 2.75) is 44.2 Å². The van der Waals surface area contributed by atoms with Gasteiger partial charge in [-0.1, -0.05) is 6.07 Å². The SMILES string of the molecule is NC1CCC(Nc2ncc(F)c(-c3cccc(N4CCCOC4=O)n3)n2)CC1. The number of halogens is 1. The quantitative estimate of drug-likeness (QED) is 0.832. The first kappa shape index (κ1) is 18.5. The minimum Gasteiger partial charge on any atom is -0.449 e. The van der Waals surface area contributed by atoms with E-state index in [1.165, 1.54) is 4.90 Å². The number of nitrogens with two attached hydrogens (primary N) is 1. The third-order valence-corrected chi connectivity index (χ3v) is 5.07. The molecule has 1 aliphatic heterocycles. The Morgan fingerprint density at radius 2 is 2.04 bits per heavy atom. The van der Waals surface area contributed by atoms with E-state index in [4.69, 9.17) is 10.5 Å². The summed E-state index contributed by atoms with van der Waals surface area (Å²) < 4.78 is 19.5. The molecule has 0 aromatic carbocycles. The van der Waals surface area contributed by atoms with Gasteiger partial charge in [-0.2, -0.15) is 0 Å². The summed E-state index contributed by atoms with van der Waals surface area (Å²) in [7, 11) is 0. The van der Waals surface area contributed by atoms with Crippen LogP contribution in [0, 0.1) is 5.82 Å². The van der Waals surface area contributed by atoms with Crippen LogP contribution < -0.4 is 16.0 Å². The van der Waals surface area contributed by atoms with Crippen LogP contribution in [-0.2, 0) is 4.74 Å². The number of carbonyl (C=O) groups is 1. The molecule has 28 heavy (non-hydrogen) atoms. The van der Waals surface area contributed by atoms with Crippen molar-refractivity contribution < 1.29 is 13.9 Å². The molecule has 2 aromatic rings. The number of anilines is 2. The van der Waals surface area contributed by atoms with Gasteiger partial charge in [-0.15, -0.1) is 0 Å². The highest BCUT2D eigenvalue weighted by Crippen LogP contribution is 2.25. The van der Waals surface area contributed by atoms with Crippen molar-refractivity contribution >= 4 is 17.9 Å². The minimum absolute atomic E-state index is 0.0947. The van der Waals surface area contributed by atoms with E-state index in [2.05, 4.69) is 20.3 Å². The fourth-order valence-electron chi connectivity index (χ4n) is 3.53. The van der Waals surface area contributed by atoms with E-state index in [1.807, 2.05) is 0 Å². The second kappa shape index (κ2) is 8.05. The Bertz CT molecular complexity index is 856. The second-order valence-electron chi connectivity index (χ2n) is 7.15. The van der Waals surface area contributed by atoms with Crippen LogP contribution in [-0.4, -0.2) is 46.3 Å². The van der Waals surface area contributed by atoms with E-state index in [9.17, 15) is 9.18 Å². The highest BCUT2D eigenvalue weighted by Gasteiger charge is 2.24. The predicted octanol–water partition coefficient (Wildman–Crippen LogP) is 2.71. The standard InChI is InChI=1S/C19H23FN6O2/c20-14-11-22-18(23-13-7-5-12(21)6-8-13)25-17(14)15-3-1-4-16(24-15)26-9-2-10-28-19(26)27/h1,3-4,11-13H,2,5-10,21H2,(H,22,23,25). The molecule has 2 fully saturated rings. The number of hydrogen-bond donors (Lipinski definition) is 2. The van der Waals surface area contributed by atoms with Crippen LogP contribution in [0.25, 0.3) is 11.4 Å². The molecule has 0 radical (unpaired) electrons. The highest BCUT2D eigenvalue weighted by molar-refractivity contribution is 5.87. The van der Waals surface area contributed by atoms with E-state index in [-0.39, 0.29) is 17.8 Å². The van der Waals surface area contributed by atoms with Gasteiger partial charge in [0, 0.05) is 18.6 Å². The maximum absolute atomic E-state index is 14.4. The number of ether oxygens (including phenoxy) is 1. The molecule has 1 saturated heterocycles. The molecule has 1 saturated carbocycles. The van der Waals surface area contributed by atoms with Gasteiger partial charge < -0.3 is 15.8 Å². The number of amides is 1. The second-order valence-corrected chi connectivity index (χ2v) is 7.15. The van der Waals surface area contributed by atoms with Crippen LogP contribution >= 0.6 is 0 Å². The zero-order valence-corrected chi connectivity index (χ0v) is 15.5. The summed E-state index contributed by atoms with van der Waals surface area (Å²) in [4.78, 5) is 26.2. The van der Waals surface area contributed by atoms with Gasteiger partial charge in [0.1, 0.15) is 11.5 Å². The van der Waals surface area contributed by atoms with Gasteiger partial charge >= 0.3 is 6.09 Å². The van der Waals surface area contributed by atoms with Crippen molar-refractivity contribution in [3.05, 3.63) is 30.2 Å². The van der Waals surface area contributed by atoms with E-state index in [1.54, 1.807) is 18.2 Å². The lowest BCUT2D eigenvalue weighted by Crippen LogP contribution is -2.38. The van der Waals surface area contributed by atoms with Crippen LogP contribution in [0.15, 0.2) is 24.4 Å². The molecule has 8 nitrogen and oxygen atoms in total. The number of carbonyl (C=O) groups excluding carboxylic acids is 1. The van der Waals surface area contributed by atoms with Gasteiger partial charge in [0.15, 0.2) is 5.82 Å². The fraction of sp³-hybridized carbons (Fsp3) is 0.474. The molecule has 2 aromatic heterocycles. The van der Waals surface area contributed by atoms with Crippen molar-refractivity contribution in [2.75, 3.05) is 23.4 Å². The molecule has 0 spiro atoms. The number of cyclic esters (lactones) is 1. The first-order valence-electron chi connectivity index (χ1n) is 9.56. The summed E-state index contributed by atoms with van der Waals surface area (Å²) in [6.45, 7) is 0.912. The summed E-state index contributed by atoms with van der Waals surface area (Å²) in [5.41, 5.74) is 6.37. The van der Waals surface area contributed by atoms with Gasteiger partial charge in [-0.3, -0.25) is 4.90 Å². The first-order valence-corrected chi connectivity index (χ1v) is 9.56. The minimum atomic E-state index is -0.568. The molecule has 3 heterocycles. The zero-order valence-electron chi connectivity index (χ0n) is 15.5. The average molecular weight is 386 g/mol. The number of hydrogen-bond acceptors (Lipinski definition) is 7. The van der Waals surface area contributed by atoms with Crippen molar-refractivity contribution in [3.8, 4) is 11.4 Å². The van der Waals surface area contributed by atoms with E-state index < -0.39 is 11.9 Å². The molecule has 148 valence electrons. The summed E-state index contributed by atoms with van der Waals surface area (Å²) in [5.74, 6) is 0.208. The summed E-state index contributed by atoms with van der Waals surface area (Å²) >= 11 is 0. The van der Waals surface area contributed by atoms with Gasteiger partial charge in [-0.25, -0.2) is 24.1 Å². The molecule has 2 aliphatic rings. The Kier molecular flexibility index (Phi) is 5.34. The molecule has 0 unspecified atom stereocenters. The molecule has 1 aliphatic carbocycles. The fourth-order valence-corrected chi connectivity index (χ4v) is 3.53. The maximum atomic E-state index is 14.4. The third kappa shape index (κ3) is 4.04. The van der Waals surface area contributed by atoms with Gasteiger partial charge in [0.25, 0.3) is 0 Å². The molecule has 1 amide bonds. The van der Waals surface area contributed by atoms with Crippen LogP contribution in [0.3, 0.4) is 0 Å². The monoisotopic (exact) mass is 386 g/mol. The van der Waals surface area contributed by atoms with Crippen molar-refractivity contribution in [1.82, 2.24) is 15.0 Å². The topological polar surface area (TPSA) is 106 Å². The van der Waals surface area contributed by atoms with Crippen LogP contribution in [0.2, 0.25) is 0 Å². The number of aromatic nitrogens is 3. The third-order valence-electron chi connectivity index (χ3n) is 5.07. The van der Waals surface area contributed by atoms with E-state index in [0.717, 1.165) is 38.3 Å². The Balaban J connectivity index is 1.56. The number of nitrogens with zero attached hydrogens (tertiary/aromatic N) is 4. The first-order chi connectivity index (χ1) is 13.6. The molecular weight excluding hydrogens is 363 g/mol. The Morgan fingerprint density at radius 3 is 2.82 bits per heavy atom. The Morgan fingerprint density at radius 1 is 1.21 bits per heavy atom. The van der Waals surface area contributed by atoms with Gasteiger partial charge in [-0.05, 0) is 44.2 Å². The predicted molar refractivity (Wildman–Crippen MR) is 102 cm³/mol. The van der Waals surface area contributed by atoms with Crippen LogP contribution in [0.1, 0.15) is 32.1 Å². The zero-order chi connectivity index (χ0) is 19.5. The molecule has 3 N–H and O–H groups in total. The number of rotatable bonds is 4. The van der Waals surface area contributed by atoms with Crippen LogP contribution in [0.4, 0.5) is 21.0 Å². The number of nitrogens with one attached hydrogen (secondary N) is 1. The lowest BCUT2D eigenvalue weighted by molar-refractivity contribution is 0.140. The van der Waals surface area contributed by atoms with Crippen molar-refractivity contribution in [2.24, 2.45) is 5.73 Å². The highest BCUT2D eigenvalue weighted by atomic mass is 19.1. The van der Waals surface area contributed by atoms with Crippen molar-refractivity contribution in [3.63, 3.8) is 0 Å². The summed E-state index contributed by atoms with van der Waals surface area (Å²) in [5, 5.41) is 3.27. The van der Waals surface area contributed by atoms with Crippen LogP contribution in [0.5, 0.6) is 0 Å². The normalized spacial score (nSPS) is 22.6. The lowest BCUT2D eigenvalue weighted by atomic mass is 9.92. The lowest BCUT2D eigenvalue weighted by Gasteiger charge is -2.27. The number of pyridine rings is 1. The molecule has 0 atom stereocenters. The molecule has 0 bridgehead atoms. The average Bonchev–Trinajstić information content (AvgIpc) is 2.71. The van der Waals surface area contributed by atoms with Crippen molar-refractivity contribution in [1.29, 1.82) is 0 Å². The summed E-state index contributed by atoms with van der Waals surface area (Å²) in [6, 6.07) is 5.54. The molecular formula is C19H23FN6O2. The van der Waals surface area contributed by atoms with E-state index in [0.29, 0.717) is 30.6 Å². The van der Waals surface area contributed by atoms with E-state index >= 15 is 0 Å².